The molecule has 6 nitrogen and oxygen atoms in total. The van der Waals surface area contributed by atoms with Crippen molar-refractivity contribution in [2.24, 2.45) is 0 Å². The second kappa shape index (κ2) is 20.1. The average molecular weight is 492 g/mol. The number of amides is 2. The van der Waals surface area contributed by atoms with Gasteiger partial charge < -0.3 is 9.84 Å². The van der Waals surface area contributed by atoms with Crippen molar-refractivity contribution in [3.05, 3.63) is 24.3 Å². The molecule has 0 heterocycles. The quantitative estimate of drug-likeness (QED) is 0.141. The van der Waals surface area contributed by atoms with Crippen molar-refractivity contribution in [2.45, 2.75) is 130 Å². The normalized spacial score (nSPS) is 11.9. The fraction of sp³-hybridized carbons (Fsp3) is 0.724. The molecule has 1 atom stereocenters. The molecule has 0 fully saturated rings. The molecule has 0 aliphatic carbocycles. The second-order valence-corrected chi connectivity index (χ2v) is 9.60. The first kappa shape index (κ1) is 31.0. The van der Waals surface area contributed by atoms with Crippen LogP contribution < -0.4 is 4.74 Å². The zero-order valence-corrected chi connectivity index (χ0v) is 22.4. The Labute approximate surface area is 213 Å². The molecule has 0 saturated carbocycles. The van der Waals surface area contributed by atoms with Crippen LogP contribution in [0.4, 0.5) is 0 Å². The number of carbonyl (C=O) groups is 2. The van der Waals surface area contributed by atoms with Crippen LogP contribution in [0.1, 0.15) is 124 Å². The third-order valence-corrected chi connectivity index (χ3v) is 6.18. The lowest BCUT2D eigenvalue weighted by molar-refractivity contribution is -0.207. The number of imide groups is 1. The van der Waals surface area contributed by atoms with Gasteiger partial charge >= 0.3 is 0 Å². The molecule has 1 rings (SSSR count). The summed E-state index contributed by atoms with van der Waals surface area (Å²) in [4.78, 5) is 30.0. The summed E-state index contributed by atoms with van der Waals surface area (Å²) < 4.78 is 5.50. The maximum absolute atomic E-state index is 12.4. The Kier molecular flexibility index (Phi) is 17.8. The number of benzene rings is 1. The lowest BCUT2D eigenvalue weighted by atomic mass is 10.0. The first-order chi connectivity index (χ1) is 16.9. The summed E-state index contributed by atoms with van der Waals surface area (Å²) in [5.74, 6) is -0.133. The summed E-state index contributed by atoms with van der Waals surface area (Å²) in [5, 5.41) is 10.2. The van der Waals surface area contributed by atoms with E-state index < -0.39 is 11.8 Å². The van der Waals surface area contributed by atoms with E-state index in [-0.39, 0.29) is 24.9 Å². The van der Waals surface area contributed by atoms with E-state index in [0.29, 0.717) is 5.75 Å². The monoisotopic (exact) mass is 491 g/mol. The lowest BCUT2D eigenvalue weighted by Crippen LogP contribution is -2.38. The summed E-state index contributed by atoms with van der Waals surface area (Å²) >= 11 is 0. The minimum absolute atomic E-state index is 0.0338. The highest BCUT2D eigenvalue weighted by Crippen LogP contribution is 2.17. The van der Waals surface area contributed by atoms with E-state index in [2.05, 4.69) is 6.92 Å². The highest BCUT2D eigenvalue weighted by Gasteiger charge is 2.21. The van der Waals surface area contributed by atoms with E-state index >= 15 is 0 Å². The van der Waals surface area contributed by atoms with E-state index in [1.165, 1.54) is 96.1 Å². The topological polar surface area (TPSA) is 76.1 Å². The molecule has 0 aliphatic heterocycles. The van der Waals surface area contributed by atoms with Crippen LogP contribution >= 0.6 is 0 Å². The molecule has 1 N–H and O–H groups in total. The molecule has 6 heteroatoms. The van der Waals surface area contributed by atoms with Crippen molar-refractivity contribution >= 4 is 11.8 Å². The van der Waals surface area contributed by atoms with Gasteiger partial charge in [-0.3, -0.25) is 14.4 Å². The van der Waals surface area contributed by atoms with Gasteiger partial charge in [-0.15, -0.1) is 0 Å². The molecule has 0 aromatic heterocycles. The molecular formula is C29H49NO5. The molecule has 0 radical (unpaired) electrons. The molecule has 200 valence electrons. The number of aromatic hydroxyl groups is 1. The van der Waals surface area contributed by atoms with Gasteiger partial charge in [0.15, 0.2) is 0 Å². The van der Waals surface area contributed by atoms with Gasteiger partial charge in [0.25, 0.3) is 5.91 Å². The van der Waals surface area contributed by atoms with Crippen LogP contribution in [0.25, 0.3) is 0 Å². The van der Waals surface area contributed by atoms with Gasteiger partial charge in [-0.1, -0.05) is 96.8 Å². The van der Waals surface area contributed by atoms with E-state index in [1.54, 1.807) is 12.1 Å². The maximum Gasteiger partial charge on any atom is 0.256 e. The van der Waals surface area contributed by atoms with Crippen molar-refractivity contribution in [3.63, 3.8) is 0 Å². The number of ether oxygens (including phenoxy) is 1. The molecular weight excluding hydrogens is 442 g/mol. The first-order valence-electron chi connectivity index (χ1n) is 13.9. The number of unbranched alkanes of at least 4 members (excludes halogenated alkanes) is 13. The van der Waals surface area contributed by atoms with Crippen LogP contribution in [0.3, 0.4) is 0 Å². The average Bonchev–Trinajstić information content (AvgIpc) is 2.83. The van der Waals surface area contributed by atoms with Crippen molar-refractivity contribution in [2.75, 3.05) is 6.61 Å². The summed E-state index contributed by atoms with van der Waals surface area (Å²) in [6.45, 7) is 5.63. The van der Waals surface area contributed by atoms with Crippen molar-refractivity contribution in [3.8, 4) is 11.5 Å². The van der Waals surface area contributed by atoms with Crippen molar-refractivity contribution in [1.29, 1.82) is 0 Å². The molecule has 0 saturated heterocycles. The third-order valence-electron chi connectivity index (χ3n) is 6.18. The number of carbonyl (C=O) groups excluding carboxylic acids is 2. The van der Waals surface area contributed by atoms with E-state index in [9.17, 15) is 14.7 Å². The maximum atomic E-state index is 12.4. The largest absolute Gasteiger partial charge is 0.508 e. The molecule has 0 spiro atoms. The lowest BCUT2D eigenvalue weighted by Gasteiger charge is -2.22. The second-order valence-electron chi connectivity index (χ2n) is 9.60. The first-order valence-corrected chi connectivity index (χ1v) is 13.9. The van der Waals surface area contributed by atoms with Gasteiger partial charge in [0, 0.05) is 6.92 Å². The Morgan fingerprint density at radius 1 is 0.829 bits per heavy atom. The minimum Gasteiger partial charge on any atom is -0.508 e. The number of hydrogen-bond donors (Lipinski definition) is 1. The summed E-state index contributed by atoms with van der Waals surface area (Å²) in [6, 6.07) is 6.28. The molecule has 0 bridgehead atoms. The zero-order valence-electron chi connectivity index (χ0n) is 22.4. The van der Waals surface area contributed by atoms with Crippen LogP contribution in [0, 0.1) is 0 Å². The SMILES string of the molecule is CCCCCCCCCCCCCCCCC(C)ON(C(C)=O)C(=O)CCOc1ccc(O)cc1. The standard InChI is InChI=1S/C29H49NO5/c1-4-5-6-7-8-9-10-11-12-13-14-15-16-17-18-25(2)35-30(26(3)31)29(33)23-24-34-28-21-19-27(32)20-22-28/h19-22,25,32H,4-18,23-24H2,1-3H3. The van der Waals surface area contributed by atoms with E-state index in [1.807, 2.05) is 6.92 Å². The summed E-state index contributed by atoms with van der Waals surface area (Å²) in [7, 11) is 0. The van der Waals surface area contributed by atoms with Crippen molar-refractivity contribution < 1.29 is 24.3 Å². The molecule has 0 aliphatic rings. The van der Waals surface area contributed by atoms with Gasteiger partial charge in [0.2, 0.25) is 5.91 Å². The molecule has 35 heavy (non-hydrogen) atoms. The Morgan fingerprint density at radius 2 is 1.31 bits per heavy atom. The van der Waals surface area contributed by atoms with Gasteiger partial charge in [-0.25, -0.2) is 0 Å². The molecule has 1 aromatic carbocycles. The number of hydrogen-bond acceptors (Lipinski definition) is 5. The van der Waals surface area contributed by atoms with Crippen molar-refractivity contribution in [1.82, 2.24) is 5.06 Å². The fourth-order valence-corrected chi connectivity index (χ4v) is 4.07. The van der Waals surface area contributed by atoms with Crippen LogP contribution in [-0.4, -0.2) is 34.7 Å². The van der Waals surface area contributed by atoms with Gasteiger partial charge in [-0.2, -0.15) is 5.06 Å². The number of phenols is 1. The molecule has 1 unspecified atom stereocenters. The number of hydroxylamine groups is 2. The Balaban J connectivity index is 2.06. The molecule has 2 amide bonds. The van der Waals surface area contributed by atoms with E-state index in [4.69, 9.17) is 9.57 Å². The third kappa shape index (κ3) is 16.3. The number of nitrogens with zero attached hydrogens (tertiary/aromatic N) is 1. The van der Waals surface area contributed by atoms with Crippen LogP contribution in [0.15, 0.2) is 24.3 Å². The highest BCUT2D eigenvalue weighted by molar-refractivity contribution is 5.92. The summed E-state index contributed by atoms with van der Waals surface area (Å²) in [5.41, 5.74) is 0. The van der Waals surface area contributed by atoms with Gasteiger partial charge in [0.05, 0.1) is 19.1 Å². The fourth-order valence-electron chi connectivity index (χ4n) is 4.07. The number of rotatable bonds is 21. The Morgan fingerprint density at radius 3 is 1.80 bits per heavy atom. The smallest absolute Gasteiger partial charge is 0.256 e. The highest BCUT2D eigenvalue weighted by atomic mass is 16.7. The van der Waals surface area contributed by atoms with Crippen LogP contribution in [0.2, 0.25) is 0 Å². The number of phenolic OH excluding ortho intramolecular Hbond substituents is 1. The van der Waals surface area contributed by atoms with E-state index in [0.717, 1.165) is 24.3 Å². The predicted molar refractivity (Wildman–Crippen MR) is 141 cm³/mol. The summed E-state index contributed by atoms with van der Waals surface area (Å²) in [6.07, 6.45) is 19.1. The Bertz CT molecular complexity index is 676. The van der Waals surface area contributed by atoms with Crippen LogP contribution in [-0.2, 0) is 14.4 Å². The van der Waals surface area contributed by atoms with Crippen LogP contribution in [0.5, 0.6) is 11.5 Å². The predicted octanol–water partition coefficient (Wildman–Crippen LogP) is 7.73. The zero-order chi connectivity index (χ0) is 25.7. The van der Waals surface area contributed by atoms with Gasteiger partial charge in [0.1, 0.15) is 11.5 Å². The Hall–Kier alpha value is -2.08. The van der Waals surface area contributed by atoms with Gasteiger partial charge in [-0.05, 0) is 37.6 Å². The minimum atomic E-state index is -0.424. The molecule has 1 aromatic rings.